The van der Waals surface area contributed by atoms with Gasteiger partial charge in [-0.05, 0) is 36.4 Å². The van der Waals surface area contributed by atoms with Crippen LogP contribution in [-0.4, -0.2) is 32.9 Å². The second-order valence-corrected chi connectivity index (χ2v) is 6.25. The van der Waals surface area contributed by atoms with E-state index in [-0.39, 0.29) is 11.0 Å². The second kappa shape index (κ2) is 8.45. The quantitative estimate of drug-likeness (QED) is 0.644. The predicted octanol–water partition coefficient (Wildman–Crippen LogP) is 3.23. The molecule has 3 rings (SSSR count). The van der Waals surface area contributed by atoms with Crippen molar-refractivity contribution in [2.24, 2.45) is 0 Å². The van der Waals surface area contributed by atoms with Crippen molar-refractivity contribution in [3.63, 3.8) is 0 Å². The Bertz CT molecular complexity index is 902. The summed E-state index contributed by atoms with van der Waals surface area (Å²) in [7, 11) is 0. The first kappa shape index (κ1) is 17.9. The van der Waals surface area contributed by atoms with E-state index in [4.69, 9.17) is 16.0 Å². The number of benzene rings is 1. The van der Waals surface area contributed by atoms with Crippen LogP contribution >= 0.6 is 23.4 Å². The van der Waals surface area contributed by atoms with Crippen molar-refractivity contribution in [1.82, 2.24) is 20.5 Å². The molecule has 0 bridgehead atoms. The van der Waals surface area contributed by atoms with Gasteiger partial charge < -0.3 is 4.42 Å². The summed E-state index contributed by atoms with van der Waals surface area (Å²) in [4.78, 5) is 27.4. The van der Waals surface area contributed by atoms with Crippen LogP contribution in [0, 0.1) is 0 Å². The number of urea groups is 1. The van der Waals surface area contributed by atoms with Gasteiger partial charge in [0.05, 0.1) is 5.75 Å². The highest BCUT2D eigenvalue weighted by Crippen LogP contribution is 2.24. The molecular formula is C16H12ClN5O3S. The van der Waals surface area contributed by atoms with Gasteiger partial charge in [0.1, 0.15) is 5.82 Å². The first-order valence-electron chi connectivity index (χ1n) is 7.34. The average molecular weight is 390 g/mol. The number of hydrogen-bond donors (Lipinski definition) is 2. The molecule has 132 valence electrons. The zero-order valence-corrected chi connectivity index (χ0v) is 14.8. The van der Waals surface area contributed by atoms with Crippen molar-refractivity contribution in [2.75, 3.05) is 11.1 Å². The van der Waals surface area contributed by atoms with Gasteiger partial charge in [-0.25, -0.2) is 9.78 Å². The molecule has 0 aliphatic carbocycles. The lowest BCUT2D eigenvalue weighted by atomic mass is 10.2. The molecule has 3 amide bonds. The van der Waals surface area contributed by atoms with Crippen molar-refractivity contribution in [3.05, 3.63) is 53.7 Å². The number of halogens is 1. The molecule has 26 heavy (non-hydrogen) atoms. The van der Waals surface area contributed by atoms with Crippen molar-refractivity contribution in [3.8, 4) is 11.5 Å². The molecule has 0 aliphatic heterocycles. The number of nitrogens with zero attached hydrogens (tertiary/aromatic N) is 3. The summed E-state index contributed by atoms with van der Waals surface area (Å²) in [5.41, 5.74) is 0.716. The van der Waals surface area contributed by atoms with Gasteiger partial charge in [-0.3, -0.25) is 15.4 Å². The molecule has 2 aromatic heterocycles. The van der Waals surface area contributed by atoms with Crippen LogP contribution in [0.5, 0.6) is 0 Å². The van der Waals surface area contributed by atoms with Gasteiger partial charge in [-0.1, -0.05) is 29.4 Å². The third kappa shape index (κ3) is 5.04. The Labute approximate surface area is 157 Å². The molecule has 2 N–H and O–H groups in total. The molecule has 0 radical (unpaired) electrons. The molecule has 0 saturated carbocycles. The normalized spacial score (nSPS) is 10.3. The van der Waals surface area contributed by atoms with E-state index in [0.717, 1.165) is 11.8 Å². The summed E-state index contributed by atoms with van der Waals surface area (Å²) in [5, 5.41) is 13.2. The van der Waals surface area contributed by atoms with Crippen molar-refractivity contribution in [1.29, 1.82) is 0 Å². The Balaban J connectivity index is 1.49. The largest absolute Gasteiger partial charge is 0.411 e. The van der Waals surface area contributed by atoms with Crippen molar-refractivity contribution < 1.29 is 14.0 Å². The van der Waals surface area contributed by atoms with Gasteiger partial charge in [-0.15, -0.1) is 10.2 Å². The minimum atomic E-state index is -0.665. The fraction of sp³-hybridized carbons (Fsp3) is 0.0625. The molecule has 0 unspecified atom stereocenters. The Morgan fingerprint density at radius 3 is 2.65 bits per heavy atom. The molecule has 0 aliphatic rings. The number of hydrogen-bond acceptors (Lipinski definition) is 7. The molecule has 1 aromatic carbocycles. The lowest BCUT2D eigenvalue weighted by molar-refractivity contribution is -0.117. The molecule has 8 nitrogen and oxygen atoms in total. The van der Waals surface area contributed by atoms with Gasteiger partial charge >= 0.3 is 6.03 Å². The Morgan fingerprint density at radius 2 is 1.92 bits per heavy atom. The van der Waals surface area contributed by atoms with Crippen LogP contribution in [0.4, 0.5) is 10.6 Å². The number of pyridine rings is 1. The van der Waals surface area contributed by atoms with Crippen LogP contribution in [0.2, 0.25) is 5.02 Å². The van der Waals surface area contributed by atoms with E-state index < -0.39 is 11.9 Å². The fourth-order valence-electron chi connectivity index (χ4n) is 1.85. The number of carbonyl (C=O) groups is 2. The predicted molar refractivity (Wildman–Crippen MR) is 96.9 cm³/mol. The minimum Gasteiger partial charge on any atom is -0.411 e. The summed E-state index contributed by atoms with van der Waals surface area (Å²) in [5.74, 6) is 0.0971. The van der Waals surface area contributed by atoms with E-state index in [1.54, 1.807) is 42.5 Å². The van der Waals surface area contributed by atoms with Crippen molar-refractivity contribution in [2.45, 2.75) is 5.22 Å². The standard InChI is InChI=1S/C16H12ClN5O3S/c17-11-6-4-10(5-7-11)14-21-22-16(25-14)26-9-13(23)20-15(24)19-12-3-1-2-8-18-12/h1-8H,9H2,(H2,18,19,20,23,24). The van der Waals surface area contributed by atoms with Gasteiger partial charge in [-0.2, -0.15) is 0 Å². The smallest absolute Gasteiger partial charge is 0.327 e. The molecular weight excluding hydrogens is 378 g/mol. The number of anilines is 1. The maximum atomic E-state index is 11.8. The molecule has 0 fully saturated rings. The zero-order valence-electron chi connectivity index (χ0n) is 13.2. The maximum Gasteiger partial charge on any atom is 0.327 e. The summed E-state index contributed by atoms with van der Waals surface area (Å²) in [6, 6.07) is 11.3. The minimum absolute atomic E-state index is 0.0576. The van der Waals surface area contributed by atoms with E-state index >= 15 is 0 Å². The van der Waals surface area contributed by atoms with E-state index in [2.05, 4.69) is 25.8 Å². The third-order valence-corrected chi connectivity index (χ3v) is 4.05. The van der Waals surface area contributed by atoms with E-state index in [1.165, 1.54) is 6.20 Å². The summed E-state index contributed by atoms with van der Waals surface area (Å²) in [6.07, 6.45) is 1.53. The zero-order chi connectivity index (χ0) is 18.4. The number of rotatable bonds is 5. The fourth-order valence-corrected chi connectivity index (χ4v) is 2.54. The maximum absolute atomic E-state index is 11.8. The molecule has 0 spiro atoms. The lowest BCUT2D eigenvalue weighted by Gasteiger charge is -2.04. The second-order valence-electron chi connectivity index (χ2n) is 4.89. The van der Waals surface area contributed by atoms with Crippen LogP contribution in [0.1, 0.15) is 0 Å². The monoisotopic (exact) mass is 389 g/mol. The number of aromatic nitrogens is 3. The molecule has 3 aromatic rings. The first-order valence-corrected chi connectivity index (χ1v) is 8.70. The number of carbonyl (C=O) groups excluding carboxylic acids is 2. The lowest BCUT2D eigenvalue weighted by Crippen LogP contribution is -2.35. The number of nitrogens with one attached hydrogen (secondary N) is 2. The van der Waals surface area contributed by atoms with Gasteiger partial charge in [0.25, 0.3) is 5.22 Å². The van der Waals surface area contributed by atoms with Crippen LogP contribution in [0.15, 0.2) is 58.3 Å². The first-order chi connectivity index (χ1) is 12.6. The van der Waals surface area contributed by atoms with E-state index in [1.807, 2.05) is 0 Å². The van der Waals surface area contributed by atoms with Crippen LogP contribution in [0.25, 0.3) is 11.5 Å². The molecule has 0 atom stereocenters. The van der Waals surface area contributed by atoms with Crippen molar-refractivity contribution >= 4 is 41.1 Å². The third-order valence-electron chi connectivity index (χ3n) is 2.98. The van der Waals surface area contributed by atoms with E-state index in [9.17, 15) is 9.59 Å². The Morgan fingerprint density at radius 1 is 1.12 bits per heavy atom. The number of thioether (sulfide) groups is 1. The molecule has 0 saturated heterocycles. The van der Waals surface area contributed by atoms with Crippen LogP contribution in [-0.2, 0) is 4.79 Å². The number of amides is 3. The topological polar surface area (TPSA) is 110 Å². The summed E-state index contributed by atoms with van der Waals surface area (Å²) < 4.78 is 5.47. The summed E-state index contributed by atoms with van der Waals surface area (Å²) >= 11 is 6.85. The highest BCUT2D eigenvalue weighted by molar-refractivity contribution is 7.99. The highest BCUT2D eigenvalue weighted by atomic mass is 35.5. The summed E-state index contributed by atoms with van der Waals surface area (Å²) in [6.45, 7) is 0. The number of imide groups is 1. The van der Waals surface area contributed by atoms with Gasteiger partial charge in [0, 0.05) is 16.8 Å². The SMILES string of the molecule is O=C(CSc1nnc(-c2ccc(Cl)cc2)o1)NC(=O)Nc1ccccn1. The molecule has 10 heteroatoms. The highest BCUT2D eigenvalue weighted by Gasteiger charge is 2.13. The van der Waals surface area contributed by atoms with Gasteiger partial charge in [0.2, 0.25) is 11.8 Å². The van der Waals surface area contributed by atoms with E-state index in [0.29, 0.717) is 22.3 Å². The van der Waals surface area contributed by atoms with Gasteiger partial charge in [0.15, 0.2) is 0 Å². The molecule has 2 heterocycles. The average Bonchev–Trinajstić information content (AvgIpc) is 3.10. The van der Waals surface area contributed by atoms with Crippen LogP contribution < -0.4 is 10.6 Å². The van der Waals surface area contributed by atoms with Crippen LogP contribution in [0.3, 0.4) is 0 Å². The Hall–Kier alpha value is -2.91. The Kier molecular flexibility index (Phi) is 5.82.